The number of carbonyl (C=O) groups excluding carboxylic acids is 1. The van der Waals surface area contributed by atoms with Crippen LogP contribution < -0.4 is 5.32 Å². The molecule has 3 aromatic rings. The first-order valence-electron chi connectivity index (χ1n) is 10.0. The Balaban J connectivity index is 1.33. The Morgan fingerprint density at radius 3 is 2.72 bits per heavy atom. The smallest absolute Gasteiger partial charge is 0.243 e. The standard InChI is InChI=1S/C20H23N5O4S3/c1-14(31-20-22-18(23-24-20)13-16-3-2-12-30-16)19(26)21-15-4-6-17(7-5-15)32(27,28)25-8-10-29-11-9-25/h2-7,12,14H,8-11,13H2,1H3,(H,21,26)(H,22,23,24). The van der Waals surface area contributed by atoms with Gasteiger partial charge >= 0.3 is 0 Å². The van der Waals surface area contributed by atoms with Gasteiger partial charge in [-0.25, -0.2) is 13.4 Å². The summed E-state index contributed by atoms with van der Waals surface area (Å²) in [5.41, 5.74) is 0.525. The molecule has 2 aromatic heterocycles. The molecule has 0 aliphatic carbocycles. The summed E-state index contributed by atoms with van der Waals surface area (Å²) >= 11 is 2.91. The van der Waals surface area contributed by atoms with Crippen molar-refractivity contribution < 1.29 is 17.9 Å². The van der Waals surface area contributed by atoms with Gasteiger partial charge in [0.25, 0.3) is 0 Å². The Labute approximate surface area is 194 Å². The molecule has 1 fully saturated rings. The highest BCUT2D eigenvalue weighted by Crippen LogP contribution is 2.23. The Hall–Kier alpha value is -2.25. The van der Waals surface area contributed by atoms with Gasteiger partial charge in [-0.05, 0) is 42.6 Å². The zero-order valence-corrected chi connectivity index (χ0v) is 19.8. The molecule has 0 saturated carbocycles. The number of sulfonamides is 1. The van der Waals surface area contributed by atoms with Crippen molar-refractivity contribution in [2.45, 2.75) is 28.6 Å². The Morgan fingerprint density at radius 1 is 1.28 bits per heavy atom. The summed E-state index contributed by atoms with van der Waals surface area (Å²) in [6.07, 6.45) is 0.672. The van der Waals surface area contributed by atoms with Crippen molar-refractivity contribution in [2.24, 2.45) is 0 Å². The lowest BCUT2D eigenvalue weighted by Gasteiger charge is -2.26. The third-order valence-electron chi connectivity index (χ3n) is 4.81. The summed E-state index contributed by atoms with van der Waals surface area (Å²) in [4.78, 5) is 18.4. The largest absolute Gasteiger partial charge is 0.379 e. The minimum Gasteiger partial charge on any atom is -0.379 e. The molecule has 1 amide bonds. The molecule has 4 rings (SSSR count). The van der Waals surface area contributed by atoms with Crippen LogP contribution in [-0.2, 0) is 26.0 Å². The van der Waals surface area contributed by atoms with Crippen molar-refractivity contribution in [3.8, 4) is 0 Å². The molecular weight excluding hydrogens is 470 g/mol. The Morgan fingerprint density at radius 2 is 2.03 bits per heavy atom. The van der Waals surface area contributed by atoms with Gasteiger partial charge in [0.15, 0.2) is 0 Å². The molecule has 3 heterocycles. The number of anilines is 1. The van der Waals surface area contributed by atoms with E-state index in [4.69, 9.17) is 4.74 Å². The maximum atomic E-state index is 12.7. The van der Waals surface area contributed by atoms with Crippen LogP contribution in [0.4, 0.5) is 5.69 Å². The summed E-state index contributed by atoms with van der Waals surface area (Å²) in [6.45, 7) is 3.23. The van der Waals surface area contributed by atoms with Gasteiger partial charge in [-0.2, -0.15) is 4.31 Å². The molecule has 2 N–H and O–H groups in total. The zero-order chi connectivity index (χ0) is 22.6. The molecule has 0 bridgehead atoms. The second-order valence-corrected chi connectivity index (χ2v) is 11.4. The molecule has 1 atom stereocenters. The third-order valence-corrected chi connectivity index (χ3v) is 8.56. The van der Waals surface area contributed by atoms with E-state index in [1.807, 2.05) is 17.5 Å². The second-order valence-electron chi connectivity index (χ2n) is 7.11. The number of ether oxygens (including phenoxy) is 1. The highest BCUT2D eigenvalue weighted by molar-refractivity contribution is 8.00. The SMILES string of the molecule is CC(Sc1n[nH]c(Cc2cccs2)n1)C(=O)Nc1ccc(S(=O)(=O)N2CCOCC2)cc1. The van der Waals surface area contributed by atoms with Gasteiger partial charge in [0.1, 0.15) is 5.82 Å². The number of thiophene rings is 1. The number of amides is 1. The molecule has 0 radical (unpaired) electrons. The van der Waals surface area contributed by atoms with E-state index in [1.54, 1.807) is 30.4 Å². The maximum absolute atomic E-state index is 12.7. The number of rotatable bonds is 8. The van der Waals surface area contributed by atoms with E-state index >= 15 is 0 Å². The van der Waals surface area contributed by atoms with E-state index in [9.17, 15) is 13.2 Å². The van der Waals surface area contributed by atoms with E-state index in [0.29, 0.717) is 43.6 Å². The first-order chi connectivity index (χ1) is 15.4. The molecule has 12 heteroatoms. The van der Waals surface area contributed by atoms with Crippen molar-refractivity contribution in [2.75, 3.05) is 31.6 Å². The number of hydrogen-bond acceptors (Lipinski definition) is 8. The number of aromatic nitrogens is 3. The summed E-state index contributed by atoms with van der Waals surface area (Å²) in [7, 11) is -3.56. The highest BCUT2D eigenvalue weighted by atomic mass is 32.2. The number of hydrogen-bond donors (Lipinski definition) is 2. The number of carbonyl (C=O) groups is 1. The fourth-order valence-electron chi connectivity index (χ4n) is 3.09. The van der Waals surface area contributed by atoms with Gasteiger partial charge in [-0.15, -0.1) is 16.4 Å². The van der Waals surface area contributed by atoms with Gasteiger partial charge in [-0.3, -0.25) is 9.89 Å². The molecule has 1 aliphatic heterocycles. The lowest BCUT2D eigenvalue weighted by atomic mass is 10.3. The summed E-state index contributed by atoms with van der Waals surface area (Å²) < 4.78 is 32.0. The minimum atomic E-state index is -3.56. The average Bonchev–Trinajstić information content (AvgIpc) is 3.47. The quantitative estimate of drug-likeness (QED) is 0.463. The van der Waals surface area contributed by atoms with Gasteiger partial charge in [0.05, 0.1) is 23.4 Å². The molecule has 170 valence electrons. The van der Waals surface area contributed by atoms with E-state index in [2.05, 4.69) is 20.5 Å². The normalized spacial score (nSPS) is 16.0. The number of nitrogens with one attached hydrogen (secondary N) is 2. The van der Waals surface area contributed by atoms with Gasteiger partial charge in [0.2, 0.25) is 21.1 Å². The van der Waals surface area contributed by atoms with E-state index < -0.39 is 15.3 Å². The first kappa shape index (κ1) is 22.9. The molecular formula is C20H23N5O4S3. The second kappa shape index (κ2) is 10.1. The average molecular weight is 494 g/mol. The predicted molar refractivity (Wildman–Crippen MR) is 123 cm³/mol. The van der Waals surface area contributed by atoms with Crippen molar-refractivity contribution in [1.29, 1.82) is 0 Å². The number of benzene rings is 1. The van der Waals surface area contributed by atoms with Crippen molar-refractivity contribution >= 4 is 44.7 Å². The molecule has 1 saturated heterocycles. The molecule has 1 unspecified atom stereocenters. The van der Waals surface area contributed by atoms with Crippen LogP contribution in [0.15, 0.2) is 51.8 Å². The zero-order valence-electron chi connectivity index (χ0n) is 17.4. The van der Waals surface area contributed by atoms with Gasteiger partial charge in [0, 0.05) is 30.1 Å². The maximum Gasteiger partial charge on any atom is 0.243 e. The molecule has 9 nitrogen and oxygen atoms in total. The monoisotopic (exact) mass is 493 g/mol. The number of morpholine rings is 1. The van der Waals surface area contributed by atoms with Crippen LogP contribution in [0, 0.1) is 0 Å². The van der Waals surface area contributed by atoms with Crippen LogP contribution in [0.5, 0.6) is 0 Å². The minimum absolute atomic E-state index is 0.193. The predicted octanol–water partition coefficient (Wildman–Crippen LogP) is 2.60. The lowest BCUT2D eigenvalue weighted by molar-refractivity contribution is -0.115. The fourth-order valence-corrected chi connectivity index (χ4v) is 5.95. The molecule has 32 heavy (non-hydrogen) atoms. The van der Waals surface area contributed by atoms with Gasteiger partial charge < -0.3 is 10.1 Å². The molecule has 1 aliphatic rings. The van der Waals surface area contributed by atoms with Crippen molar-refractivity contribution in [1.82, 2.24) is 19.5 Å². The topological polar surface area (TPSA) is 117 Å². The summed E-state index contributed by atoms with van der Waals surface area (Å²) in [5, 5.41) is 12.0. The third kappa shape index (κ3) is 5.56. The number of aromatic amines is 1. The van der Waals surface area contributed by atoms with E-state index in [0.717, 1.165) is 5.82 Å². The fraction of sp³-hybridized carbons (Fsp3) is 0.350. The molecule has 1 aromatic carbocycles. The van der Waals surface area contributed by atoms with Crippen LogP contribution in [0.1, 0.15) is 17.6 Å². The number of nitrogens with zero attached hydrogens (tertiary/aromatic N) is 3. The van der Waals surface area contributed by atoms with Crippen molar-refractivity contribution in [3.05, 3.63) is 52.5 Å². The summed E-state index contributed by atoms with van der Waals surface area (Å²) in [6, 6.07) is 10.2. The van der Waals surface area contributed by atoms with Crippen LogP contribution in [0.2, 0.25) is 0 Å². The lowest BCUT2D eigenvalue weighted by Crippen LogP contribution is -2.40. The van der Waals surface area contributed by atoms with E-state index in [1.165, 1.54) is 33.1 Å². The highest BCUT2D eigenvalue weighted by Gasteiger charge is 2.26. The van der Waals surface area contributed by atoms with E-state index in [-0.39, 0.29) is 10.8 Å². The Kier molecular flexibility index (Phi) is 7.26. The molecule has 0 spiro atoms. The van der Waals surface area contributed by atoms with Crippen LogP contribution >= 0.6 is 23.1 Å². The number of thioether (sulfide) groups is 1. The summed E-state index contributed by atoms with van der Waals surface area (Å²) in [5.74, 6) is 0.531. The number of H-pyrrole nitrogens is 1. The van der Waals surface area contributed by atoms with Gasteiger partial charge in [-0.1, -0.05) is 17.8 Å². The van der Waals surface area contributed by atoms with Crippen LogP contribution in [0.25, 0.3) is 0 Å². The van der Waals surface area contributed by atoms with Crippen LogP contribution in [0.3, 0.4) is 0 Å². The van der Waals surface area contributed by atoms with Crippen molar-refractivity contribution in [3.63, 3.8) is 0 Å². The van der Waals surface area contributed by atoms with Crippen LogP contribution in [-0.4, -0.2) is 65.4 Å². The first-order valence-corrected chi connectivity index (χ1v) is 13.2. The Bertz CT molecular complexity index is 1140.